The van der Waals surface area contributed by atoms with Crippen molar-refractivity contribution >= 4 is 62.3 Å². The van der Waals surface area contributed by atoms with E-state index in [1.54, 1.807) is 33.2 Å². The molecule has 0 saturated carbocycles. The van der Waals surface area contributed by atoms with Crippen LogP contribution in [0.4, 0.5) is 11.4 Å². The zero-order chi connectivity index (χ0) is 26.7. The number of hydrogen-bond acceptors (Lipinski definition) is 8. The first kappa shape index (κ1) is 31.5. The maximum Gasteiger partial charge on any atom is 0.450 e. The summed E-state index contributed by atoms with van der Waals surface area (Å²) in [5.74, 6) is 0.262. The molecule has 2 aromatic rings. The lowest BCUT2D eigenvalue weighted by molar-refractivity contribution is 0.0998. The molecule has 0 amide bonds. The third-order valence-electron chi connectivity index (χ3n) is 4.31. The van der Waals surface area contributed by atoms with E-state index < -0.39 is 4.96 Å². The lowest BCUT2D eigenvalue weighted by Gasteiger charge is -2.17. The predicted molar refractivity (Wildman–Crippen MR) is 141 cm³/mol. The molecule has 2 aromatic carbocycles. The number of ketones is 2. The summed E-state index contributed by atoms with van der Waals surface area (Å²) in [5, 5.41) is 19.0. The molecule has 8 nitrogen and oxygen atoms in total. The summed E-state index contributed by atoms with van der Waals surface area (Å²) < 4.78 is 10.4. The van der Waals surface area contributed by atoms with Crippen LogP contribution >= 0.6 is 34.4 Å². The third kappa shape index (κ3) is 9.79. The van der Waals surface area contributed by atoms with Gasteiger partial charge in [-0.3, -0.25) is 9.59 Å². The van der Waals surface area contributed by atoms with Crippen LogP contribution in [0.15, 0.2) is 24.3 Å². The van der Waals surface area contributed by atoms with Gasteiger partial charge in [0.25, 0.3) is 0 Å². The highest BCUT2D eigenvalue weighted by Gasteiger charge is 2.17. The van der Waals surface area contributed by atoms with E-state index in [0.29, 0.717) is 22.7 Å². The van der Waals surface area contributed by atoms with Gasteiger partial charge < -0.3 is 29.5 Å². The highest BCUT2D eigenvalue weighted by Crippen LogP contribution is 2.34. The van der Waals surface area contributed by atoms with Gasteiger partial charge in [-0.1, -0.05) is 0 Å². The number of carbonyl (C=O) groups excluding carboxylic acids is 2. The van der Waals surface area contributed by atoms with E-state index in [0.717, 1.165) is 5.69 Å². The van der Waals surface area contributed by atoms with Crippen molar-refractivity contribution in [3.63, 3.8) is 0 Å². The van der Waals surface area contributed by atoms with E-state index in [1.165, 1.54) is 26.0 Å². The summed E-state index contributed by atoms with van der Waals surface area (Å²) in [6.07, 6.45) is 0. The molecule has 188 valence electrons. The zero-order valence-corrected chi connectivity index (χ0v) is 22.7. The van der Waals surface area contributed by atoms with Crippen LogP contribution in [0.3, 0.4) is 0 Å². The maximum atomic E-state index is 11.5. The van der Waals surface area contributed by atoms with E-state index in [9.17, 15) is 19.8 Å². The van der Waals surface area contributed by atoms with E-state index in [1.807, 2.05) is 31.1 Å². The van der Waals surface area contributed by atoms with Crippen molar-refractivity contribution in [1.82, 2.24) is 0 Å². The van der Waals surface area contributed by atoms with Crippen molar-refractivity contribution in [2.24, 2.45) is 0 Å². The van der Waals surface area contributed by atoms with Crippen molar-refractivity contribution in [3.05, 3.63) is 35.4 Å². The lowest BCUT2D eigenvalue weighted by atomic mass is 10.1. The molecule has 0 aliphatic rings. The highest BCUT2D eigenvalue weighted by molar-refractivity contribution is 7.54. The van der Waals surface area contributed by atoms with Crippen LogP contribution in [-0.2, 0) is 0 Å². The minimum atomic E-state index is -0.750. The second kappa shape index (κ2) is 14.7. The average molecular weight is 536 g/mol. The number of ether oxygens (including phenoxy) is 2. The Bertz CT molecular complexity index is 936. The molecular weight excluding hydrogens is 505 g/mol. The number of Topliss-reactive ketones (excluding diaryl/α,β-unsaturated/α-hetero) is 2. The van der Waals surface area contributed by atoms with Gasteiger partial charge in [-0.15, -0.1) is 0 Å². The van der Waals surface area contributed by atoms with Crippen LogP contribution in [0.25, 0.3) is 0 Å². The first-order chi connectivity index (χ1) is 15.7. The Morgan fingerprint density at radius 2 is 1.03 bits per heavy atom. The molecule has 0 radical (unpaired) electrons. The van der Waals surface area contributed by atoms with Crippen LogP contribution in [0.2, 0.25) is 0 Å². The normalized spacial score (nSPS) is 9.50. The van der Waals surface area contributed by atoms with E-state index in [4.69, 9.17) is 43.9 Å². The molecule has 0 aliphatic heterocycles. The summed E-state index contributed by atoms with van der Waals surface area (Å²) >= 11 is 14.4. The van der Waals surface area contributed by atoms with Crippen molar-refractivity contribution in [2.45, 2.75) is 13.8 Å². The number of benzene rings is 2. The minimum Gasteiger partial charge on any atom is -0.507 e. The predicted octanol–water partition coefficient (Wildman–Crippen LogP) is 5.03. The lowest BCUT2D eigenvalue weighted by Crippen LogP contribution is -2.10. The number of halogens is 3. The Hall–Kier alpha value is -2.49. The van der Waals surface area contributed by atoms with Gasteiger partial charge in [-0.25, -0.2) is 0 Å². The fraction of sp³-hybridized carbons (Fsp3) is 0.364. The van der Waals surface area contributed by atoms with Crippen LogP contribution in [-0.4, -0.2) is 69.1 Å². The molecule has 0 aromatic heterocycles. The topological polar surface area (TPSA) is 99.5 Å². The maximum absolute atomic E-state index is 11.5. The Morgan fingerprint density at radius 1 is 0.735 bits per heavy atom. The molecule has 0 heterocycles. The van der Waals surface area contributed by atoms with Gasteiger partial charge in [0.15, 0.2) is 11.6 Å². The number of carbonyl (C=O) groups is 2. The van der Waals surface area contributed by atoms with Gasteiger partial charge >= 0.3 is 4.96 Å². The van der Waals surface area contributed by atoms with Gasteiger partial charge in [-0.05, 0) is 13.8 Å². The molecule has 0 aliphatic carbocycles. The van der Waals surface area contributed by atoms with Crippen LogP contribution in [0.5, 0.6) is 23.0 Å². The van der Waals surface area contributed by atoms with Gasteiger partial charge in [0.1, 0.15) is 34.1 Å². The first-order valence-electron chi connectivity index (χ1n) is 9.78. The molecular formula is C22H30BCl3N2O6. The van der Waals surface area contributed by atoms with Gasteiger partial charge in [0.05, 0.1) is 14.2 Å². The summed E-state index contributed by atoms with van der Waals surface area (Å²) in [6.45, 7) is 2.79. The molecule has 0 bridgehead atoms. The molecule has 0 atom stereocenters. The average Bonchev–Trinajstić information content (AvgIpc) is 2.71. The Kier molecular flexibility index (Phi) is 13.6. The molecule has 2 N–H and O–H groups in total. The second-order valence-corrected chi connectivity index (χ2v) is 9.21. The van der Waals surface area contributed by atoms with Crippen LogP contribution in [0.1, 0.15) is 34.6 Å². The first-order valence-corrected chi connectivity index (χ1v) is 11.1. The molecule has 0 unspecified atom stereocenters. The summed E-state index contributed by atoms with van der Waals surface area (Å²) in [7, 11) is 10.5. The highest BCUT2D eigenvalue weighted by atomic mass is 35.6. The van der Waals surface area contributed by atoms with Crippen molar-refractivity contribution in [1.29, 1.82) is 0 Å². The minimum absolute atomic E-state index is 0.0319. The fourth-order valence-electron chi connectivity index (χ4n) is 2.72. The van der Waals surface area contributed by atoms with Crippen LogP contribution in [0, 0.1) is 0 Å². The number of hydrogen-bond donors (Lipinski definition) is 2. The number of phenolic OH excluding ortho intramolecular Hbond substituents is 2. The Labute approximate surface area is 215 Å². The quantitative estimate of drug-likeness (QED) is 0.393. The molecule has 34 heavy (non-hydrogen) atoms. The SMILES string of the molecule is CC(=O)c1c(O)cc(N(C)C)cc1O.COc1cc(N(C)C)cc(OC)c1C(C)=O.ClB(Cl)Cl. The molecule has 2 rings (SSSR count). The molecule has 0 spiro atoms. The smallest absolute Gasteiger partial charge is 0.450 e. The number of nitrogens with zero attached hydrogens (tertiary/aromatic N) is 2. The third-order valence-corrected chi connectivity index (χ3v) is 4.31. The Morgan fingerprint density at radius 3 is 1.26 bits per heavy atom. The number of anilines is 2. The standard InChI is InChI=1S/C12H17NO3.C10H13NO3.BCl3/c1-8(14)12-10(15-4)6-9(13(2)3)7-11(12)16-5;1-6(12)10-8(13)4-7(11(2)3)5-9(10)14;2-1(3)4/h6-7H,1-5H3;4-5,13-14H,1-3H3;. The van der Waals surface area contributed by atoms with Crippen LogP contribution < -0.4 is 19.3 Å². The van der Waals surface area contributed by atoms with Crippen molar-refractivity contribution < 1.29 is 29.3 Å². The zero-order valence-electron chi connectivity index (χ0n) is 20.4. The molecule has 0 saturated heterocycles. The number of rotatable bonds is 6. The van der Waals surface area contributed by atoms with Crippen molar-refractivity contribution in [2.75, 3.05) is 52.2 Å². The summed E-state index contributed by atoms with van der Waals surface area (Å²) in [5.41, 5.74) is 2.02. The Balaban J connectivity index is 0.000000557. The number of phenols is 2. The largest absolute Gasteiger partial charge is 0.507 e. The second-order valence-electron chi connectivity index (χ2n) is 7.23. The summed E-state index contributed by atoms with van der Waals surface area (Å²) in [6, 6.07) is 6.52. The van der Waals surface area contributed by atoms with E-state index in [-0.39, 0.29) is 28.6 Å². The number of aromatic hydroxyl groups is 2. The van der Waals surface area contributed by atoms with E-state index >= 15 is 0 Å². The molecule has 0 fully saturated rings. The monoisotopic (exact) mass is 534 g/mol. The van der Waals surface area contributed by atoms with Crippen molar-refractivity contribution in [3.8, 4) is 23.0 Å². The van der Waals surface area contributed by atoms with E-state index in [2.05, 4.69) is 0 Å². The van der Waals surface area contributed by atoms with Gasteiger partial charge in [0.2, 0.25) is 0 Å². The number of methoxy groups -OCH3 is 2. The fourth-order valence-corrected chi connectivity index (χ4v) is 2.72. The summed E-state index contributed by atoms with van der Waals surface area (Å²) in [4.78, 5) is 25.4. The molecule has 12 heteroatoms. The van der Waals surface area contributed by atoms with Gasteiger partial charge in [0, 0.05) is 63.8 Å². The van der Waals surface area contributed by atoms with Gasteiger partial charge in [-0.2, -0.15) is 34.4 Å².